The third-order valence-electron chi connectivity index (χ3n) is 8.41. The number of anilines is 3. The summed E-state index contributed by atoms with van der Waals surface area (Å²) in [6, 6.07) is 34.6. The first-order valence-corrected chi connectivity index (χ1v) is 15.8. The smallest absolute Gasteiger partial charge is 0.335 e. The monoisotopic (exact) mass is 663 g/mol. The number of H-pyrrole nitrogens is 1. The third kappa shape index (κ3) is 5.84. The molecule has 1 aromatic heterocycles. The van der Waals surface area contributed by atoms with Crippen molar-refractivity contribution in [3.8, 4) is 11.6 Å². The first-order valence-electron chi connectivity index (χ1n) is 15.8. The highest BCUT2D eigenvalue weighted by Crippen LogP contribution is 2.43. The molecule has 11 nitrogen and oxygen atoms in total. The standard InChI is InChI=1S/C39H29N5O6/c45-34-31(36(47)43(38(49)40-34)29-17-9-3-10-18-29)23-25-21-22-26(33(25)42(27-13-5-1-6-14-27)28-15-7-2-8-16-28)24-32-35(46)41-39(50)44(37(32)48)30-19-11-4-12-20-30/h1-20,23-24,45H,21-22H2,(H,40,49)(H,41,46,50)/b25-23+,32-24-. The zero-order valence-corrected chi connectivity index (χ0v) is 26.4. The van der Waals surface area contributed by atoms with Crippen LogP contribution >= 0.6 is 0 Å². The molecule has 2 aliphatic rings. The molecule has 1 aliphatic heterocycles. The van der Waals surface area contributed by atoms with Crippen molar-refractivity contribution < 1.29 is 19.5 Å². The Labute approximate surface area is 285 Å². The van der Waals surface area contributed by atoms with Gasteiger partial charge in [-0.15, -0.1) is 0 Å². The van der Waals surface area contributed by atoms with Crippen LogP contribution in [0.4, 0.5) is 21.9 Å². The lowest BCUT2D eigenvalue weighted by atomic mass is 10.0. The molecule has 0 spiro atoms. The van der Waals surface area contributed by atoms with Gasteiger partial charge in [-0.3, -0.25) is 24.7 Å². The van der Waals surface area contributed by atoms with E-state index in [1.54, 1.807) is 60.7 Å². The number of aromatic amines is 1. The van der Waals surface area contributed by atoms with E-state index in [2.05, 4.69) is 10.3 Å². The molecular weight excluding hydrogens is 634 g/mol. The van der Waals surface area contributed by atoms with Crippen LogP contribution in [0.3, 0.4) is 0 Å². The van der Waals surface area contributed by atoms with E-state index in [4.69, 9.17) is 0 Å². The van der Waals surface area contributed by atoms with Crippen molar-refractivity contribution >= 4 is 41.0 Å². The minimum absolute atomic E-state index is 0.150. The summed E-state index contributed by atoms with van der Waals surface area (Å²) in [6.07, 6.45) is 3.67. The van der Waals surface area contributed by atoms with Gasteiger partial charge >= 0.3 is 11.7 Å². The predicted molar refractivity (Wildman–Crippen MR) is 189 cm³/mol. The lowest BCUT2D eigenvalue weighted by molar-refractivity contribution is -0.122. The number of benzene rings is 4. The molecule has 4 amide bonds. The van der Waals surface area contributed by atoms with Crippen molar-refractivity contribution in [1.29, 1.82) is 0 Å². The van der Waals surface area contributed by atoms with Gasteiger partial charge in [0.05, 0.1) is 17.1 Å². The van der Waals surface area contributed by atoms with E-state index < -0.39 is 35.0 Å². The van der Waals surface area contributed by atoms with Crippen molar-refractivity contribution in [2.75, 3.05) is 9.80 Å². The second-order valence-corrected chi connectivity index (χ2v) is 11.5. The maximum atomic E-state index is 13.9. The summed E-state index contributed by atoms with van der Waals surface area (Å²) < 4.78 is 0.944. The molecule has 5 aromatic rings. The summed E-state index contributed by atoms with van der Waals surface area (Å²) in [5.41, 5.74) is 1.87. The van der Waals surface area contributed by atoms with Crippen LogP contribution in [-0.4, -0.2) is 32.5 Å². The number of aromatic hydroxyl groups is 1. The molecule has 0 radical (unpaired) electrons. The number of nitrogens with one attached hydrogen (secondary N) is 2. The Bertz CT molecular complexity index is 2310. The summed E-state index contributed by atoms with van der Waals surface area (Å²) in [7, 11) is 0. The number of nitrogens with zero attached hydrogens (tertiary/aromatic N) is 3. The van der Waals surface area contributed by atoms with E-state index in [9.17, 15) is 29.1 Å². The summed E-state index contributed by atoms with van der Waals surface area (Å²) in [4.78, 5) is 71.9. The number of para-hydroxylation sites is 4. The van der Waals surface area contributed by atoms with Crippen molar-refractivity contribution in [3.05, 3.63) is 176 Å². The molecule has 7 rings (SSSR count). The minimum atomic E-state index is -0.858. The fourth-order valence-corrected chi connectivity index (χ4v) is 6.14. The van der Waals surface area contributed by atoms with Crippen molar-refractivity contribution in [3.63, 3.8) is 0 Å². The topological polar surface area (TPSA) is 145 Å². The molecule has 2 heterocycles. The molecule has 0 unspecified atom stereocenters. The predicted octanol–water partition coefficient (Wildman–Crippen LogP) is 5.71. The zero-order chi connectivity index (χ0) is 34.8. The second-order valence-electron chi connectivity index (χ2n) is 11.5. The van der Waals surface area contributed by atoms with Gasteiger partial charge in [-0.2, -0.15) is 0 Å². The molecule has 1 saturated heterocycles. The molecule has 50 heavy (non-hydrogen) atoms. The number of urea groups is 1. The number of rotatable bonds is 7. The van der Waals surface area contributed by atoms with E-state index >= 15 is 0 Å². The number of hydrogen-bond donors (Lipinski definition) is 3. The number of hydrogen-bond acceptors (Lipinski definition) is 7. The Balaban J connectivity index is 1.46. The van der Waals surface area contributed by atoms with Gasteiger partial charge in [0.25, 0.3) is 17.4 Å². The van der Waals surface area contributed by atoms with E-state index in [1.807, 2.05) is 65.6 Å². The highest BCUT2D eigenvalue weighted by molar-refractivity contribution is 6.37. The van der Waals surface area contributed by atoms with Crippen molar-refractivity contribution in [2.24, 2.45) is 0 Å². The van der Waals surface area contributed by atoms with Gasteiger partial charge in [0.2, 0.25) is 5.88 Å². The van der Waals surface area contributed by atoms with Gasteiger partial charge in [0.15, 0.2) is 0 Å². The average molecular weight is 664 g/mol. The number of aromatic nitrogens is 2. The van der Waals surface area contributed by atoms with Gasteiger partial charge in [-0.1, -0.05) is 72.8 Å². The number of barbiturate groups is 1. The molecule has 0 bridgehead atoms. The van der Waals surface area contributed by atoms with E-state index in [0.29, 0.717) is 41.1 Å². The van der Waals surface area contributed by atoms with Crippen LogP contribution in [0.15, 0.2) is 159 Å². The Morgan fingerprint density at radius 1 is 0.660 bits per heavy atom. The largest absolute Gasteiger partial charge is 0.494 e. The van der Waals surface area contributed by atoms with Crippen LogP contribution in [0.5, 0.6) is 5.88 Å². The van der Waals surface area contributed by atoms with E-state index in [0.717, 1.165) is 20.8 Å². The zero-order valence-electron chi connectivity index (χ0n) is 26.4. The van der Waals surface area contributed by atoms with Crippen LogP contribution in [0.2, 0.25) is 0 Å². The lowest BCUT2D eigenvalue weighted by Crippen LogP contribution is -2.54. The number of carbonyl (C=O) groups excluding carboxylic acids is 3. The summed E-state index contributed by atoms with van der Waals surface area (Å²) >= 11 is 0. The van der Waals surface area contributed by atoms with Gasteiger partial charge in [-0.25, -0.2) is 19.1 Å². The Morgan fingerprint density at radius 3 is 1.78 bits per heavy atom. The van der Waals surface area contributed by atoms with Crippen LogP contribution in [0.25, 0.3) is 11.8 Å². The first kappa shape index (κ1) is 31.6. The molecule has 0 saturated carbocycles. The van der Waals surface area contributed by atoms with Gasteiger partial charge in [0.1, 0.15) is 11.1 Å². The molecule has 246 valence electrons. The van der Waals surface area contributed by atoms with Crippen LogP contribution in [-0.2, 0) is 9.59 Å². The first-order chi connectivity index (χ1) is 24.3. The van der Waals surface area contributed by atoms with Crippen molar-refractivity contribution in [2.45, 2.75) is 12.8 Å². The van der Waals surface area contributed by atoms with Crippen LogP contribution in [0, 0.1) is 0 Å². The maximum absolute atomic E-state index is 13.9. The molecule has 4 aromatic carbocycles. The van der Waals surface area contributed by atoms with Gasteiger partial charge < -0.3 is 10.0 Å². The quantitative estimate of drug-likeness (QED) is 0.149. The highest BCUT2D eigenvalue weighted by atomic mass is 16.3. The molecular formula is C39H29N5O6. The Morgan fingerprint density at radius 2 is 1.20 bits per heavy atom. The molecule has 1 aliphatic carbocycles. The second kappa shape index (κ2) is 13.2. The van der Waals surface area contributed by atoms with E-state index in [-0.39, 0.29) is 11.1 Å². The van der Waals surface area contributed by atoms with Gasteiger partial charge in [-0.05, 0) is 84.7 Å². The van der Waals surface area contributed by atoms with E-state index in [1.165, 1.54) is 12.2 Å². The fraction of sp³-hybridized carbons (Fsp3) is 0.0513. The molecule has 0 atom stereocenters. The third-order valence-corrected chi connectivity index (χ3v) is 8.41. The normalized spacial score (nSPS) is 16.3. The maximum Gasteiger partial charge on any atom is 0.335 e. The number of amides is 4. The number of allylic oxidation sites excluding steroid dienone is 3. The Kier molecular flexibility index (Phi) is 8.36. The SMILES string of the molecule is O=C1NC(=O)N(c2ccccc2)C(=O)/C1=C\C1=C(N(c2ccccc2)c2ccccc2)C(=C/c2c(O)[nH]c(=O)n(-c3ccccc3)c2=O)/CC1. The van der Waals surface area contributed by atoms with Crippen LogP contribution < -0.4 is 26.4 Å². The highest BCUT2D eigenvalue weighted by Gasteiger charge is 2.38. The number of imide groups is 2. The molecule has 1 fully saturated rings. The summed E-state index contributed by atoms with van der Waals surface area (Å²) in [5, 5.41) is 13.2. The Hall–Kier alpha value is -7.01. The van der Waals surface area contributed by atoms with Gasteiger partial charge in [0, 0.05) is 11.4 Å². The number of carbonyl (C=O) groups is 3. The lowest BCUT2D eigenvalue weighted by Gasteiger charge is -2.29. The summed E-state index contributed by atoms with van der Waals surface area (Å²) in [6.45, 7) is 0. The minimum Gasteiger partial charge on any atom is -0.494 e. The average Bonchev–Trinajstić information content (AvgIpc) is 3.51. The van der Waals surface area contributed by atoms with Crippen molar-refractivity contribution in [1.82, 2.24) is 14.9 Å². The molecule has 11 heteroatoms. The fourth-order valence-electron chi connectivity index (χ4n) is 6.14. The van der Waals surface area contributed by atoms with Crippen LogP contribution in [0.1, 0.15) is 18.4 Å². The summed E-state index contributed by atoms with van der Waals surface area (Å²) in [5.74, 6) is -2.23. The molecule has 3 N–H and O–H groups in total.